The Morgan fingerprint density at radius 1 is 1.04 bits per heavy atom. The summed E-state index contributed by atoms with van der Waals surface area (Å²) < 4.78 is 10.5. The summed E-state index contributed by atoms with van der Waals surface area (Å²) in [6.07, 6.45) is 0.526. The van der Waals surface area contributed by atoms with Crippen LogP contribution >= 0.6 is 0 Å². The van der Waals surface area contributed by atoms with Crippen LogP contribution in [0.4, 0.5) is 0 Å². The molecule has 4 nitrogen and oxygen atoms in total. The molecule has 4 heteroatoms. The van der Waals surface area contributed by atoms with E-state index < -0.39 is 5.92 Å². The van der Waals surface area contributed by atoms with Crippen molar-refractivity contribution in [3.05, 3.63) is 77.4 Å². The standard InChI is InChI=1S/C23H21NO3/c1-3-27-23(25)22(19-8-10-21(26-2)11-9-19)14-16-4-6-18-7-5-17(15-24)13-20(18)12-16/h4-13,22H,3,14H2,1-2H3. The highest BCUT2D eigenvalue weighted by Gasteiger charge is 2.22. The summed E-state index contributed by atoms with van der Waals surface area (Å²) >= 11 is 0. The first-order chi connectivity index (χ1) is 13.1. The van der Waals surface area contributed by atoms with Gasteiger partial charge in [0.1, 0.15) is 5.75 Å². The van der Waals surface area contributed by atoms with Crippen molar-refractivity contribution in [1.29, 1.82) is 5.26 Å². The largest absolute Gasteiger partial charge is 0.497 e. The number of methoxy groups -OCH3 is 1. The van der Waals surface area contributed by atoms with Crippen molar-refractivity contribution in [3.8, 4) is 11.8 Å². The number of hydrogen-bond acceptors (Lipinski definition) is 4. The van der Waals surface area contributed by atoms with E-state index in [0.717, 1.165) is 27.6 Å². The number of nitrogens with zero attached hydrogens (tertiary/aromatic N) is 1. The molecule has 0 aliphatic heterocycles. The number of carbonyl (C=O) groups excluding carboxylic acids is 1. The van der Waals surface area contributed by atoms with Gasteiger partial charge < -0.3 is 9.47 Å². The number of hydrogen-bond donors (Lipinski definition) is 0. The van der Waals surface area contributed by atoms with Gasteiger partial charge >= 0.3 is 5.97 Å². The van der Waals surface area contributed by atoms with Gasteiger partial charge in [-0.2, -0.15) is 5.26 Å². The fourth-order valence-corrected chi connectivity index (χ4v) is 3.14. The maximum Gasteiger partial charge on any atom is 0.313 e. The number of rotatable bonds is 6. The van der Waals surface area contributed by atoms with Crippen LogP contribution in [0.15, 0.2) is 60.7 Å². The van der Waals surface area contributed by atoms with Crippen molar-refractivity contribution in [2.75, 3.05) is 13.7 Å². The molecule has 0 spiro atoms. The molecule has 3 rings (SSSR count). The Morgan fingerprint density at radius 3 is 2.44 bits per heavy atom. The van der Waals surface area contributed by atoms with E-state index in [4.69, 9.17) is 14.7 Å². The molecule has 0 aliphatic rings. The number of benzene rings is 3. The van der Waals surface area contributed by atoms with Crippen LogP contribution in [0.5, 0.6) is 5.75 Å². The van der Waals surface area contributed by atoms with Crippen LogP contribution in [0.3, 0.4) is 0 Å². The third-order valence-electron chi connectivity index (χ3n) is 4.56. The summed E-state index contributed by atoms with van der Waals surface area (Å²) in [5, 5.41) is 11.2. The Bertz CT molecular complexity index is 987. The van der Waals surface area contributed by atoms with Gasteiger partial charge in [-0.15, -0.1) is 0 Å². The molecule has 0 amide bonds. The number of ether oxygens (including phenoxy) is 2. The van der Waals surface area contributed by atoms with Gasteiger partial charge in [0.2, 0.25) is 0 Å². The first kappa shape index (κ1) is 18.5. The Balaban J connectivity index is 1.94. The molecule has 3 aromatic carbocycles. The van der Waals surface area contributed by atoms with Crippen LogP contribution in [0.2, 0.25) is 0 Å². The molecule has 1 unspecified atom stereocenters. The lowest BCUT2D eigenvalue weighted by Gasteiger charge is -2.17. The van der Waals surface area contributed by atoms with Crippen molar-refractivity contribution in [2.24, 2.45) is 0 Å². The fourth-order valence-electron chi connectivity index (χ4n) is 3.14. The number of fused-ring (bicyclic) bond motifs is 1. The van der Waals surface area contributed by atoms with Gasteiger partial charge in [-0.25, -0.2) is 0 Å². The van der Waals surface area contributed by atoms with Crippen LogP contribution in [-0.4, -0.2) is 19.7 Å². The molecule has 0 fully saturated rings. The van der Waals surface area contributed by atoms with Gasteiger partial charge in [0.15, 0.2) is 0 Å². The number of nitriles is 1. The quantitative estimate of drug-likeness (QED) is 0.603. The predicted octanol–water partition coefficient (Wildman–Crippen LogP) is 4.61. The molecule has 0 saturated carbocycles. The maximum atomic E-state index is 12.6. The van der Waals surface area contributed by atoms with E-state index in [2.05, 4.69) is 6.07 Å². The molecule has 136 valence electrons. The lowest BCUT2D eigenvalue weighted by atomic mass is 9.91. The first-order valence-electron chi connectivity index (χ1n) is 8.88. The molecule has 0 heterocycles. The highest BCUT2D eigenvalue weighted by Crippen LogP contribution is 2.27. The Morgan fingerprint density at radius 2 is 1.78 bits per heavy atom. The van der Waals surface area contributed by atoms with Crippen molar-refractivity contribution in [3.63, 3.8) is 0 Å². The third-order valence-corrected chi connectivity index (χ3v) is 4.56. The van der Waals surface area contributed by atoms with Gasteiger partial charge in [0.05, 0.1) is 31.3 Å². The molecule has 0 N–H and O–H groups in total. The smallest absolute Gasteiger partial charge is 0.313 e. The van der Waals surface area contributed by atoms with Crippen LogP contribution in [0.1, 0.15) is 29.5 Å². The first-order valence-corrected chi connectivity index (χ1v) is 8.88. The molecule has 0 aromatic heterocycles. The van der Waals surface area contributed by atoms with Gasteiger partial charge in [-0.05, 0) is 59.5 Å². The summed E-state index contributed by atoms with van der Waals surface area (Å²) in [4.78, 5) is 12.6. The molecule has 3 aromatic rings. The monoisotopic (exact) mass is 359 g/mol. The van der Waals surface area contributed by atoms with E-state index in [1.165, 1.54) is 0 Å². The Hall–Kier alpha value is -3.32. The van der Waals surface area contributed by atoms with E-state index >= 15 is 0 Å². The lowest BCUT2D eigenvalue weighted by Crippen LogP contribution is -2.18. The minimum Gasteiger partial charge on any atom is -0.497 e. The van der Waals surface area contributed by atoms with Crippen LogP contribution in [0.25, 0.3) is 10.8 Å². The number of carbonyl (C=O) groups is 1. The highest BCUT2D eigenvalue weighted by atomic mass is 16.5. The van der Waals surface area contributed by atoms with Crippen LogP contribution in [-0.2, 0) is 16.0 Å². The second kappa shape index (κ2) is 8.37. The summed E-state index contributed by atoms with van der Waals surface area (Å²) in [6.45, 7) is 2.15. The van der Waals surface area contributed by atoms with Crippen molar-refractivity contribution >= 4 is 16.7 Å². The normalized spacial score (nSPS) is 11.6. The predicted molar refractivity (Wildman–Crippen MR) is 105 cm³/mol. The minimum atomic E-state index is -0.396. The molecular weight excluding hydrogens is 338 g/mol. The molecule has 0 aliphatic carbocycles. The summed E-state index contributed by atoms with van der Waals surface area (Å²) in [5.41, 5.74) is 2.53. The van der Waals surface area contributed by atoms with E-state index in [1.54, 1.807) is 13.2 Å². The average molecular weight is 359 g/mol. The van der Waals surface area contributed by atoms with E-state index in [0.29, 0.717) is 18.6 Å². The lowest BCUT2D eigenvalue weighted by molar-refractivity contribution is -0.144. The molecular formula is C23H21NO3. The fraction of sp³-hybridized carbons (Fsp3) is 0.217. The van der Waals surface area contributed by atoms with Crippen molar-refractivity contribution < 1.29 is 14.3 Å². The third kappa shape index (κ3) is 4.27. The van der Waals surface area contributed by atoms with Crippen molar-refractivity contribution in [1.82, 2.24) is 0 Å². The average Bonchev–Trinajstić information content (AvgIpc) is 2.71. The van der Waals surface area contributed by atoms with Gasteiger partial charge in [-0.1, -0.05) is 36.4 Å². The van der Waals surface area contributed by atoms with Gasteiger partial charge in [0.25, 0.3) is 0 Å². The second-order valence-corrected chi connectivity index (χ2v) is 6.29. The Labute approximate surface area is 159 Å². The minimum absolute atomic E-state index is 0.242. The topological polar surface area (TPSA) is 59.3 Å². The Kier molecular flexibility index (Phi) is 5.73. The summed E-state index contributed by atoms with van der Waals surface area (Å²) in [5.74, 6) is 0.108. The zero-order valence-electron chi connectivity index (χ0n) is 15.4. The maximum absolute atomic E-state index is 12.6. The number of esters is 1. The zero-order chi connectivity index (χ0) is 19.2. The van der Waals surface area contributed by atoms with Crippen molar-refractivity contribution in [2.45, 2.75) is 19.3 Å². The van der Waals surface area contributed by atoms with E-state index in [9.17, 15) is 4.79 Å². The zero-order valence-corrected chi connectivity index (χ0v) is 15.4. The molecule has 0 saturated heterocycles. The molecule has 27 heavy (non-hydrogen) atoms. The summed E-state index contributed by atoms with van der Waals surface area (Å²) in [6, 6.07) is 21.3. The molecule has 0 radical (unpaired) electrons. The molecule has 0 bridgehead atoms. The van der Waals surface area contributed by atoms with Gasteiger partial charge in [-0.3, -0.25) is 4.79 Å². The van der Waals surface area contributed by atoms with Gasteiger partial charge in [0, 0.05) is 0 Å². The summed E-state index contributed by atoms with van der Waals surface area (Å²) in [7, 11) is 1.61. The highest BCUT2D eigenvalue weighted by molar-refractivity contribution is 5.85. The molecule has 1 atom stereocenters. The SMILES string of the molecule is CCOC(=O)C(Cc1ccc2ccc(C#N)cc2c1)c1ccc(OC)cc1. The van der Waals surface area contributed by atoms with Crippen LogP contribution < -0.4 is 4.74 Å². The van der Waals surface area contributed by atoms with E-state index in [-0.39, 0.29) is 5.97 Å². The van der Waals surface area contributed by atoms with Crippen LogP contribution in [0, 0.1) is 11.3 Å². The second-order valence-electron chi connectivity index (χ2n) is 6.29. The van der Waals surface area contributed by atoms with E-state index in [1.807, 2.05) is 61.5 Å².